The Kier molecular flexibility index (Phi) is 7.91. The standard InChI is InChI=1S/C25H30N6O3S/c1-16-11-17(2)13-19(12-16)34-14-22-29-30-25(31(22)26)35-15-23(32)28-21-10-6-5-9-20(21)24(33)27-18-7-3-4-8-18/h5-6,9-13,18H,3-4,7-8,14-15,26H2,1-2H3,(H,27,33)(H,28,32). The number of rotatable bonds is 9. The maximum Gasteiger partial charge on any atom is 0.253 e. The zero-order valence-corrected chi connectivity index (χ0v) is 20.7. The van der Waals surface area contributed by atoms with Gasteiger partial charge in [0.25, 0.3) is 5.91 Å². The third-order valence-corrected chi connectivity index (χ3v) is 6.71. The lowest BCUT2D eigenvalue weighted by Crippen LogP contribution is -2.33. The third-order valence-electron chi connectivity index (χ3n) is 5.77. The number of amides is 2. The second-order valence-electron chi connectivity index (χ2n) is 8.72. The molecule has 1 aliphatic rings. The van der Waals surface area contributed by atoms with E-state index in [-0.39, 0.29) is 30.2 Å². The van der Waals surface area contributed by atoms with Gasteiger partial charge in [0.05, 0.1) is 17.0 Å². The molecule has 1 saturated carbocycles. The number of aryl methyl sites for hydroxylation is 2. The van der Waals surface area contributed by atoms with Crippen LogP contribution in [0.2, 0.25) is 0 Å². The summed E-state index contributed by atoms with van der Waals surface area (Å²) in [6.45, 7) is 4.17. The van der Waals surface area contributed by atoms with Gasteiger partial charge < -0.3 is 21.2 Å². The summed E-state index contributed by atoms with van der Waals surface area (Å²) < 4.78 is 7.13. The van der Waals surface area contributed by atoms with E-state index in [4.69, 9.17) is 10.6 Å². The lowest BCUT2D eigenvalue weighted by molar-refractivity contribution is -0.113. The van der Waals surface area contributed by atoms with Crippen LogP contribution in [0.1, 0.15) is 53.0 Å². The first kappa shape index (κ1) is 24.6. The highest BCUT2D eigenvalue weighted by atomic mass is 32.2. The quantitative estimate of drug-likeness (QED) is 0.307. The van der Waals surface area contributed by atoms with Crippen LogP contribution in [-0.4, -0.2) is 38.5 Å². The van der Waals surface area contributed by atoms with Crippen molar-refractivity contribution >= 4 is 29.3 Å². The first-order chi connectivity index (χ1) is 16.9. The van der Waals surface area contributed by atoms with Crippen molar-refractivity contribution in [3.63, 3.8) is 0 Å². The van der Waals surface area contributed by atoms with E-state index in [1.165, 1.54) is 4.68 Å². The van der Waals surface area contributed by atoms with Crippen molar-refractivity contribution in [2.75, 3.05) is 16.9 Å². The molecule has 0 aliphatic heterocycles. The van der Waals surface area contributed by atoms with E-state index in [1.54, 1.807) is 24.3 Å². The van der Waals surface area contributed by atoms with Gasteiger partial charge in [-0.2, -0.15) is 0 Å². The SMILES string of the molecule is Cc1cc(C)cc(OCc2nnc(SCC(=O)Nc3ccccc3C(=O)NC3CCCC3)n2N)c1. The number of ether oxygens (including phenoxy) is 1. The minimum Gasteiger partial charge on any atom is -0.486 e. The predicted molar refractivity (Wildman–Crippen MR) is 136 cm³/mol. The average Bonchev–Trinajstić information content (AvgIpc) is 3.45. The van der Waals surface area contributed by atoms with E-state index in [0.717, 1.165) is 54.3 Å². The normalized spacial score (nSPS) is 13.5. The topological polar surface area (TPSA) is 124 Å². The molecule has 4 rings (SSSR count). The molecule has 0 spiro atoms. The summed E-state index contributed by atoms with van der Waals surface area (Å²) in [5.74, 6) is 6.91. The highest BCUT2D eigenvalue weighted by molar-refractivity contribution is 7.99. The molecular formula is C25H30N6O3S. The number of nitrogens with two attached hydrogens (primary N) is 1. The predicted octanol–water partition coefficient (Wildman–Crippen LogP) is 3.59. The Labute approximate surface area is 208 Å². The minimum absolute atomic E-state index is 0.0614. The average molecular weight is 495 g/mol. The number of hydrogen-bond acceptors (Lipinski definition) is 7. The van der Waals surface area contributed by atoms with E-state index >= 15 is 0 Å². The van der Waals surface area contributed by atoms with Crippen molar-refractivity contribution in [3.8, 4) is 5.75 Å². The van der Waals surface area contributed by atoms with Gasteiger partial charge in [0.2, 0.25) is 11.1 Å². The molecule has 0 bridgehead atoms. The number of aromatic nitrogens is 3. The fourth-order valence-corrected chi connectivity index (χ4v) is 4.78. The van der Waals surface area contributed by atoms with Gasteiger partial charge in [0, 0.05) is 6.04 Å². The number of nitrogen functional groups attached to an aromatic ring is 1. The molecule has 1 aliphatic carbocycles. The van der Waals surface area contributed by atoms with Crippen LogP contribution in [0.5, 0.6) is 5.75 Å². The Morgan fingerprint density at radius 1 is 1.11 bits per heavy atom. The Bertz CT molecular complexity index is 1190. The molecule has 0 radical (unpaired) electrons. The molecule has 10 heteroatoms. The maximum atomic E-state index is 12.7. The van der Waals surface area contributed by atoms with Gasteiger partial charge in [-0.1, -0.05) is 42.8 Å². The lowest BCUT2D eigenvalue weighted by atomic mass is 10.1. The largest absolute Gasteiger partial charge is 0.486 e. The number of hydrogen-bond donors (Lipinski definition) is 3. The number of para-hydroxylation sites is 1. The molecule has 3 aromatic rings. The number of nitrogens with one attached hydrogen (secondary N) is 2. The summed E-state index contributed by atoms with van der Waals surface area (Å²) in [5.41, 5.74) is 3.14. The monoisotopic (exact) mass is 494 g/mol. The van der Waals surface area contributed by atoms with E-state index < -0.39 is 0 Å². The van der Waals surface area contributed by atoms with Crippen LogP contribution in [-0.2, 0) is 11.4 Å². The van der Waals surface area contributed by atoms with E-state index in [2.05, 4.69) is 26.9 Å². The van der Waals surface area contributed by atoms with Crippen molar-refractivity contribution in [3.05, 3.63) is 65.0 Å². The van der Waals surface area contributed by atoms with Gasteiger partial charge in [-0.15, -0.1) is 10.2 Å². The summed E-state index contributed by atoms with van der Waals surface area (Å²) in [7, 11) is 0. The van der Waals surface area contributed by atoms with Crippen LogP contribution >= 0.6 is 11.8 Å². The molecular weight excluding hydrogens is 464 g/mol. The minimum atomic E-state index is -0.271. The highest BCUT2D eigenvalue weighted by Gasteiger charge is 2.20. The zero-order chi connectivity index (χ0) is 24.8. The Hall–Kier alpha value is -3.53. The summed E-state index contributed by atoms with van der Waals surface area (Å²) in [4.78, 5) is 25.3. The number of benzene rings is 2. The van der Waals surface area contributed by atoms with E-state index in [9.17, 15) is 9.59 Å². The summed E-state index contributed by atoms with van der Waals surface area (Å²) >= 11 is 1.16. The van der Waals surface area contributed by atoms with E-state index in [0.29, 0.717) is 22.2 Å². The van der Waals surface area contributed by atoms with Crippen molar-refractivity contribution in [2.45, 2.75) is 57.3 Å². The molecule has 2 aromatic carbocycles. The summed E-state index contributed by atoms with van der Waals surface area (Å²) in [5, 5.41) is 14.4. The molecule has 0 saturated heterocycles. The Balaban J connectivity index is 1.31. The Morgan fingerprint density at radius 3 is 2.57 bits per heavy atom. The summed E-state index contributed by atoms with van der Waals surface area (Å²) in [6.07, 6.45) is 4.25. The molecule has 2 amide bonds. The van der Waals surface area contributed by atoms with Crippen LogP contribution in [0, 0.1) is 13.8 Å². The molecule has 0 atom stereocenters. The number of thioether (sulfide) groups is 1. The second kappa shape index (κ2) is 11.3. The number of carbonyl (C=O) groups is 2. The highest BCUT2D eigenvalue weighted by Crippen LogP contribution is 2.22. The van der Waals surface area contributed by atoms with Crippen molar-refractivity contribution in [2.24, 2.45) is 0 Å². The zero-order valence-electron chi connectivity index (χ0n) is 19.9. The fourth-order valence-electron chi connectivity index (χ4n) is 4.11. The van der Waals surface area contributed by atoms with Gasteiger partial charge in [-0.05, 0) is 62.1 Å². The molecule has 4 N–H and O–H groups in total. The van der Waals surface area contributed by atoms with Gasteiger partial charge in [-0.3, -0.25) is 9.59 Å². The van der Waals surface area contributed by atoms with Crippen molar-refractivity contribution in [1.29, 1.82) is 0 Å². The molecule has 184 valence electrons. The smallest absolute Gasteiger partial charge is 0.253 e. The molecule has 0 unspecified atom stereocenters. The van der Waals surface area contributed by atoms with Crippen LogP contribution in [0.25, 0.3) is 0 Å². The van der Waals surface area contributed by atoms with E-state index in [1.807, 2.05) is 26.0 Å². The van der Waals surface area contributed by atoms with Crippen LogP contribution < -0.4 is 21.2 Å². The van der Waals surface area contributed by atoms with Crippen LogP contribution in [0.4, 0.5) is 5.69 Å². The molecule has 9 nitrogen and oxygen atoms in total. The van der Waals surface area contributed by atoms with Crippen LogP contribution in [0.3, 0.4) is 0 Å². The first-order valence-electron chi connectivity index (χ1n) is 11.6. The maximum absolute atomic E-state index is 12.7. The van der Waals surface area contributed by atoms with Crippen molar-refractivity contribution < 1.29 is 14.3 Å². The van der Waals surface area contributed by atoms with Crippen molar-refractivity contribution in [1.82, 2.24) is 20.2 Å². The third kappa shape index (κ3) is 6.54. The number of carbonyl (C=O) groups excluding carboxylic acids is 2. The Morgan fingerprint density at radius 2 is 1.83 bits per heavy atom. The van der Waals surface area contributed by atoms with Gasteiger partial charge in [0.15, 0.2) is 5.82 Å². The lowest BCUT2D eigenvalue weighted by Gasteiger charge is -2.15. The van der Waals surface area contributed by atoms with Gasteiger partial charge in [-0.25, -0.2) is 4.68 Å². The number of anilines is 1. The second-order valence-corrected chi connectivity index (χ2v) is 9.66. The molecule has 1 heterocycles. The molecule has 35 heavy (non-hydrogen) atoms. The molecule has 1 aromatic heterocycles. The fraction of sp³-hybridized carbons (Fsp3) is 0.360. The summed E-state index contributed by atoms with van der Waals surface area (Å²) in [6, 6.07) is 13.2. The van der Waals surface area contributed by atoms with Gasteiger partial charge >= 0.3 is 0 Å². The number of nitrogens with zero attached hydrogens (tertiary/aromatic N) is 3. The van der Waals surface area contributed by atoms with Crippen LogP contribution in [0.15, 0.2) is 47.6 Å². The molecule has 1 fully saturated rings. The van der Waals surface area contributed by atoms with Gasteiger partial charge in [0.1, 0.15) is 12.4 Å². The first-order valence-corrected chi connectivity index (χ1v) is 12.6.